The third-order valence-electron chi connectivity index (χ3n) is 3.64. The summed E-state index contributed by atoms with van der Waals surface area (Å²) in [4.78, 5) is 28.1. The number of halogens is 1. The minimum absolute atomic E-state index is 0.313. The van der Waals surface area contributed by atoms with Crippen molar-refractivity contribution >= 4 is 23.5 Å². The molecule has 1 amide bonds. The van der Waals surface area contributed by atoms with Crippen molar-refractivity contribution in [2.24, 2.45) is 5.41 Å². The van der Waals surface area contributed by atoms with Gasteiger partial charge in [0.05, 0.1) is 5.02 Å². The number of carbonyl (C=O) groups excluding carboxylic acids is 1. The maximum absolute atomic E-state index is 12.4. The quantitative estimate of drug-likeness (QED) is 0.876. The number of aliphatic carboxylic acids is 1. The van der Waals surface area contributed by atoms with E-state index in [2.05, 4.69) is 4.98 Å². The summed E-state index contributed by atoms with van der Waals surface area (Å²) in [5.41, 5.74) is -0.107. The van der Waals surface area contributed by atoms with Crippen molar-refractivity contribution < 1.29 is 14.7 Å². The predicted octanol–water partition coefficient (Wildman–Crippen LogP) is 2.38. The van der Waals surface area contributed by atoms with E-state index >= 15 is 0 Å². The van der Waals surface area contributed by atoms with E-state index in [-0.39, 0.29) is 5.91 Å². The zero-order valence-electron chi connectivity index (χ0n) is 10.9. The van der Waals surface area contributed by atoms with Gasteiger partial charge < -0.3 is 15.0 Å². The Hall–Kier alpha value is -1.49. The van der Waals surface area contributed by atoms with E-state index in [1.807, 2.05) is 13.8 Å². The molecule has 19 heavy (non-hydrogen) atoms. The standard InChI is InChI=1S/C13H17ClN2O3/c1-13(2)4-3-5-16(10(13)12(18)19)11(17)9-6-8(14)7-15-9/h6-7,10,15H,3-5H2,1-2H3,(H,18,19). The van der Waals surface area contributed by atoms with Crippen LogP contribution in [0.15, 0.2) is 12.3 Å². The Morgan fingerprint density at radius 1 is 1.53 bits per heavy atom. The molecule has 1 saturated heterocycles. The molecule has 1 aliphatic heterocycles. The lowest BCUT2D eigenvalue weighted by Gasteiger charge is -2.43. The highest BCUT2D eigenvalue weighted by Crippen LogP contribution is 2.36. The summed E-state index contributed by atoms with van der Waals surface area (Å²) in [6.45, 7) is 4.22. The molecule has 0 aliphatic carbocycles. The highest BCUT2D eigenvalue weighted by molar-refractivity contribution is 6.31. The molecule has 5 nitrogen and oxygen atoms in total. The van der Waals surface area contributed by atoms with E-state index < -0.39 is 17.4 Å². The minimum Gasteiger partial charge on any atom is -0.480 e. The summed E-state index contributed by atoms with van der Waals surface area (Å²) >= 11 is 5.78. The molecule has 6 heteroatoms. The van der Waals surface area contributed by atoms with Crippen LogP contribution in [0.5, 0.6) is 0 Å². The largest absolute Gasteiger partial charge is 0.480 e. The molecule has 0 radical (unpaired) electrons. The first-order valence-corrected chi connectivity index (χ1v) is 6.58. The number of nitrogens with one attached hydrogen (secondary N) is 1. The number of amides is 1. The number of hydrogen-bond acceptors (Lipinski definition) is 2. The SMILES string of the molecule is CC1(C)CCCN(C(=O)c2cc(Cl)c[nH]2)C1C(=O)O. The molecule has 1 unspecified atom stereocenters. The average molecular weight is 285 g/mol. The van der Waals surface area contributed by atoms with Crippen LogP contribution >= 0.6 is 11.6 Å². The van der Waals surface area contributed by atoms with Crippen LogP contribution in [0.25, 0.3) is 0 Å². The molecule has 1 atom stereocenters. The maximum Gasteiger partial charge on any atom is 0.326 e. The third kappa shape index (κ3) is 2.61. The summed E-state index contributed by atoms with van der Waals surface area (Å²) in [5, 5.41) is 9.85. The molecular weight excluding hydrogens is 268 g/mol. The summed E-state index contributed by atoms with van der Waals surface area (Å²) in [6.07, 6.45) is 3.11. The van der Waals surface area contributed by atoms with Crippen molar-refractivity contribution in [3.8, 4) is 0 Å². The number of likely N-dealkylation sites (tertiary alicyclic amines) is 1. The van der Waals surface area contributed by atoms with Crippen molar-refractivity contribution in [2.45, 2.75) is 32.7 Å². The lowest BCUT2D eigenvalue weighted by molar-refractivity contribution is -0.148. The van der Waals surface area contributed by atoms with E-state index in [0.29, 0.717) is 17.3 Å². The van der Waals surface area contributed by atoms with Gasteiger partial charge in [0.2, 0.25) is 0 Å². The number of H-pyrrole nitrogens is 1. The number of nitrogens with zero attached hydrogens (tertiary/aromatic N) is 1. The highest BCUT2D eigenvalue weighted by Gasteiger charge is 2.44. The molecule has 1 aromatic heterocycles. The lowest BCUT2D eigenvalue weighted by atomic mass is 9.76. The second-order valence-electron chi connectivity index (χ2n) is 5.56. The van der Waals surface area contributed by atoms with Crippen LogP contribution in [-0.4, -0.2) is 39.5 Å². The summed E-state index contributed by atoms with van der Waals surface area (Å²) in [6, 6.07) is 0.709. The van der Waals surface area contributed by atoms with E-state index in [4.69, 9.17) is 11.6 Å². The molecule has 1 fully saturated rings. The maximum atomic E-state index is 12.4. The molecule has 2 N–H and O–H groups in total. The van der Waals surface area contributed by atoms with E-state index in [1.165, 1.54) is 17.2 Å². The molecule has 0 saturated carbocycles. The molecule has 1 aromatic rings. The van der Waals surface area contributed by atoms with Crippen molar-refractivity contribution in [1.29, 1.82) is 0 Å². The zero-order chi connectivity index (χ0) is 14.2. The van der Waals surface area contributed by atoms with E-state index in [9.17, 15) is 14.7 Å². The Morgan fingerprint density at radius 2 is 2.21 bits per heavy atom. The second-order valence-corrected chi connectivity index (χ2v) is 6.00. The van der Waals surface area contributed by atoms with Crippen molar-refractivity contribution in [3.63, 3.8) is 0 Å². The van der Waals surface area contributed by atoms with Gasteiger partial charge in [-0.1, -0.05) is 25.4 Å². The van der Waals surface area contributed by atoms with Crippen LogP contribution in [0.4, 0.5) is 0 Å². The number of hydrogen-bond donors (Lipinski definition) is 2. The third-order valence-corrected chi connectivity index (χ3v) is 3.86. The molecule has 0 aromatic carbocycles. The van der Waals surface area contributed by atoms with Gasteiger partial charge in [0, 0.05) is 12.7 Å². The van der Waals surface area contributed by atoms with Crippen LogP contribution < -0.4 is 0 Å². The van der Waals surface area contributed by atoms with Gasteiger partial charge in [-0.2, -0.15) is 0 Å². The Kier molecular flexibility index (Phi) is 3.58. The summed E-state index contributed by atoms with van der Waals surface area (Å²) in [5.74, 6) is -1.28. The van der Waals surface area contributed by atoms with Gasteiger partial charge in [0.1, 0.15) is 11.7 Å². The van der Waals surface area contributed by atoms with Crippen LogP contribution in [0.2, 0.25) is 5.02 Å². The first-order valence-electron chi connectivity index (χ1n) is 6.20. The van der Waals surface area contributed by atoms with Gasteiger partial charge in [0.15, 0.2) is 0 Å². The molecule has 1 aliphatic rings. The number of carboxylic acids is 1. The first-order chi connectivity index (χ1) is 8.83. The van der Waals surface area contributed by atoms with Gasteiger partial charge in [0.25, 0.3) is 5.91 Å². The number of aromatic nitrogens is 1. The van der Waals surface area contributed by atoms with Gasteiger partial charge in [-0.05, 0) is 24.3 Å². The zero-order valence-corrected chi connectivity index (χ0v) is 11.7. The second kappa shape index (κ2) is 4.89. The highest BCUT2D eigenvalue weighted by atomic mass is 35.5. The minimum atomic E-state index is -0.962. The first kappa shape index (κ1) is 13.9. The Morgan fingerprint density at radius 3 is 2.74 bits per heavy atom. The summed E-state index contributed by atoms with van der Waals surface area (Å²) in [7, 11) is 0. The molecule has 0 bridgehead atoms. The van der Waals surface area contributed by atoms with Crippen molar-refractivity contribution in [3.05, 3.63) is 23.0 Å². The Balaban J connectivity index is 2.31. The predicted molar refractivity (Wildman–Crippen MR) is 71.3 cm³/mol. The van der Waals surface area contributed by atoms with Crippen LogP contribution in [0.3, 0.4) is 0 Å². The number of carboxylic acid groups (broad SMARTS) is 1. The lowest BCUT2D eigenvalue weighted by Crippen LogP contribution is -2.56. The number of rotatable bonds is 2. The van der Waals surface area contributed by atoms with Crippen LogP contribution in [0.1, 0.15) is 37.2 Å². The fraction of sp³-hybridized carbons (Fsp3) is 0.538. The number of piperidine rings is 1. The normalized spacial score (nSPS) is 22.3. The Bertz CT molecular complexity index is 510. The molecule has 0 spiro atoms. The van der Waals surface area contributed by atoms with Gasteiger partial charge >= 0.3 is 5.97 Å². The van der Waals surface area contributed by atoms with Crippen molar-refractivity contribution in [1.82, 2.24) is 9.88 Å². The van der Waals surface area contributed by atoms with Crippen LogP contribution in [0, 0.1) is 5.41 Å². The average Bonchev–Trinajstić information content (AvgIpc) is 2.72. The number of aromatic amines is 1. The molecule has 2 rings (SSSR count). The van der Waals surface area contributed by atoms with Crippen molar-refractivity contribution in [2.75, 3.05) is 6.54 Å². The smallest absolute Gasteiger partial charge is 0.326 e. The number of carbonyl (C=O) groups is 2. The Labute approximate surface area is 116 Å². The fourth-order valence-electron chi connectivity index (χ4n) is 2.73. The topological polar surface area (TPSA) is 73.4 Å². The summed E-state index contributed by atoms with van der Waals surface area (Å²) < 4.78 is 0. The van der Waals surface area contributed by atoms with Gasteiger partial charge in [-0.3, -0.25) is 4.79 Å². The molecule has 2 heterocycles. The fourth-order valence-corrected chi connectivity index (χ4v) is 2.89. The van der Waals surface area contributed by atoms with Gasteiger partial charge in [-0.15, -0.1) is 0 Å². The monoisotopic (exact) mass is 284 g/mol. The van der Waals surface area contributed by atoms with E-state index in [1.54, 1.807) is 0 Å². The molecule has 104 valence electrons. The molecular formula is C13H17ClN2O3. The van der Waals surface area contributed by atoms with Gasteiger partial charge in [-0.25, -0.2) is 4.79 Å². The van der Waals surface area contributed by atoms with Crippen LogP contribution in [-0.2, 0) is 4.79 Å². The van der Waals surface area contributed by atoms with E-state index in [0.717, 1.165) is 12.8 Å².